The molecule has 1 aromatic heterocycles. The molecule has 0 spiro atoms. The normalized spacial score (nSPS) is 10.4. The van der Waals surface area contributed by atoms with Gasteiger partial charge in [0.2, 0.25) is 0 Å². The molecule has 132 valence electrons. The van der Waals surface area contributed by atoms with Crippen LogP contribution < -0.4 is 10.6 Å². The monoisotopic (exact) mass is 357 g/mol. The Labute approximate surface area is 147 Å². The largest absolute Gasteiger partial charge is 0.348 e. The van der Waals surface area contributed by atoms with Crippen LogP contribution in [-0.4, -0.2) is 10.9 Å². The zero-order chi connectivity index (χ0) is 18.5. The number of rotatable bonds is 5. The molecule has 0 aliphatic carbocycles. The van der Waals surface area contributed by atoms with Gasteiger partial charge in [-0.05, 0) is 30.3 Å². The molecule has 7 heteroatoms. The number of carbonyl (C=O) groups is 1. The van der Waals surface area contributed by atoms with Crippen molar-refractivity contribution < 1.29 is 18.0 Å². The van der Waals surface area contributed by atoms with Crippen LogP contribution in [0.1, 0.15) is 15.9 Å². The number of amides is 1. The number of pyridine rings is 1. The van der Waals surface area contributed by atoms with Gasteiger partial charge in [0.05, 0.1) is 0 Å². The Hall–Kier alpha value is -3.35. The fraction of sp³-hybridized carbons (Fsp3) is 0.0526. The first-order valence-electron chi connectivity index (χ1n) is 7.72. The van der Waals surface area contributed by atoms with Gasteiger partial charge in [-0.3, -0.25) is 4.79 Å². The van der Waals surface area contributed by atoms with Gasteiger partial charge in [0.25, 0.3) is 5.91 Å². The van der Waals surface area contributed by atoms with E-state index in [9.17, 15) is 18.0 Å². The lowest BCUT2D eigenvalue weighted by molar-refractivity contribution is 0.0950. The zero-order valence-electron chi connectivity index (χ0n) is 13.5. The summed E-state index contributed by atoms with van der Waals surface area (Å²) in [5.41, 5.74) is 0.955. The summed E-state index contributed by atoms with van der Waals surface area (Å²) in [6.45, 7) is 0.0414. The van der Waals surface area contributed by atoms with Crippen molar-refractivity contribution in [2.45, 2.75) is 6.54 Å². The van der Waals surface area contributed by atoms with Crippen LogP contribution in [0.2, 0.25) is 0 Å². The lowest BCUT2D eigenvalue weighted by atomic mass is 10.2. The molecule has 0 unspecified atom stereocenters. The van der Waals surface area contributed by atoms with E-state index in [2.05, 4.69) is 15.6 Å². The maximum Gasteiger partial charge on any atom is 0.251 e. The van der Waals surface area contributed by atoms with Crippen molar-refractivity contribution in [2.75, 3.05) is 5.32 Å². The van der Waals surface area contributed by atoms with Crippen LogP contribution in [0.15, 0.2) is 60.8 Å². The predicted molar refractivity (Wildman–Crippen MR) is 91.4 cm³/mol. The van der Waals surface area contributed by atoms with Crippen LogP contribution >= 0.6 is 0 Å². The highest BCUT2D eigenvalue weighted by molar-refractivity contribution is 5.94. The summed E-state index contributed by atoms with van der Waals surface area (Å²) in [6.07, 6.45) is 1.40. The first-order valence-corrected chi connectivity index (χ1v) is 7.72. The van der Waals surface area contributed by atoms with E-state index in [1.165, 1.54) is 30.5 Å². The number of aromatic nitrogens is 1. The van der Waals surface area contributed by atoms with E-state index in [1.54, 1.807) is 18.2 Å². The SMILES string of the molecule is O=C(NCc1ccccc1F)c1ccnc(Nc2ccc(F)c(F)c2)c1. The van der Waals surface area contributed by atoms with E-state index in [1.807, 2.05) is 0 Å². The van der Waals surface area contributed by atoms with Crippen LogP contribution in [0.5, 0.6) is 0 Å². The molecule has 1 amide bonds. The van der Waals surface area contributed by atoms with Crippen molar-refractivity contribution in [3.63, 3.8) is 0 Å². The number of hydrogen-bond donors (Lipinski definition) is 2. The summed E-state index contributed by atoms with van der Waals surface area (Å²) >= 11 is 0. The number of carbonyl (C=O) groups excluding carboxylic acids is 1. The van der Waals surface area contributed by atoms with Gasteiger partial charge in [-0.15, -0.1) is 0 Å². The molecule has 4 nitrogen and oxygen atoms in total. The summed E-state index contributed by atoms with van der Waals surface area (Å²) < 4.78 is 39.8. The topological polar surface area (TPSA) is 54.0 Å². The van der Waals surface area contributed by atoms with Gasteiger partial charge in [0.15, 0.2) is 11.6 Å². The maximum atomic E-state index is 13.6. The van der Waals surface area contributed by atoms with E-state index in [4.69, 9.17) is 0 Å². The summed E-state index contributed by atoms with van der Waals surface area (Å²) in [4.78, 5) is 16.3. The number of benzene rings is 2. The molecule has 1 heterocycles. The second kappa shape index (κ2) is 7.69. The van der Waals surface area contributed by atoms with Gasteiger partial charge in [-0.1, -0.05) is 18.2 Å². The van der Waals surface area contributed by atoms with Gasteiger partial charge in [-0.2, -0.15) is 0 Å². The van der Waals surface area contributed by atoms with E-state index >= 15 is 0 Å². The fourth-order valence-electron chi connectivity index (χ4n) is 2.28. The minimum absolute atomic E-state index is 0.0414. The molecule has 0 fully saturated rings. The quantitative estimate of drug-likeness (QED) is 0.721. The van der Waals surface area contributed by atoms with E-state index in [0.717, 1.165) is 12.1 Å². The number of halogens is 3. The fourth-order valence-corrected chi connectivity index (χ4v) is 2.28. The molecule has 2 aromatic carbocycles. The molecule has 0 atom stereocenters. The average Bonchev–Trinajstić information content (AvgIpc) is 2.64. The highest BCUT2D eigenvalue weighted by Crippen LogP contribution is 2.18. The molecule has 2 N–H and O–H groups in total. The third-order valence-electron chi connectivity index (χ3n) is 3.61. The lowest BCUT2D eigenvalue weighted by Gasteiger charge is -2.09. The van der Waals surface area contributed by atoms with E-state index in [0.29, 0.717) is 16.8 Å². The number of nitrogens with one attached hydrogen (secondary N) is 2. The smallest absolute Gasteiger partial charge is 0.251 e. The van der Waals surface area contributed by atoms with Crippen molar-refractivity contribution >= 4 is 17.4 Å². The zero-order valence-corrected chi connectivity index (χ0v) is 13.5. The predicted octanol–water partition coefficient (Wildman–Crippen LogP) is 4.17. The first kappa shape index (κ1) is 17.5. The lowest BCUT2D eigenvalue weighted by Crippen LogP contribution is -2.23. The minimum atomic E-state index is -0.992. The van der Waals surface area contributed by atoms with Gasteiger partial charge in [-0.25, -0.2) is 18.2 Å². The molecule has 3 rings (SSSR count). The van der Waals surface area contributed by atoms with Gasteiger partial charge < -0.3 is 10.6 Å². The number of hydrogen-bond acceptors (Lipinski definition) is 3. The van der Waals surface area contributed by atoms with Crippen molar-refractivity contribution in [1.29, 1.82) is 0 Å². The van der Waals surface area contributed by atoms with Gasteiger partial charge >= 0.3 is 0 Å². The molecule has 0 aliphatic heterocycles. The summed E-state index contributed by atoms with van der Waals surface area (Å²) in [5.74, 6) is -2.47. The van der Waals surface area contributed by atoms with Crippen LogP contribution in [-0.2, 0) is 6.54 Å². The van der Waals surface area contributed by atoms with Crippen LogP contribution in [0.4, 0.5) is 24.7 Å². The summed E-state index contributed by atoms with van der Waals surface area (Å²) in [5, 5.41) is 5.41. The molecule has 0 radical (unpaired) electrons. The summed E-state index contributed by atoms with van der Waals surface area (Å²) in [7, 11) is 0. The molecule has 0 aliphatic rings. The molecule has 26 heavy (non-hydrogen) atoms. The van der Waals surface area contributed by atoms with Crippen molar-refractivity contribution in [3.05, 3.63) is 89.4 Å². The average molecular weight is 357 g/mol. The van der Waals surface area contributed by atoms with Crippen molar-refractivity contribution in [2.24, 2.45) is 0 Å². The molecular formula is C19H14F3N3O. The van der Waals surface area contributed by atoms with Crippen LogP contribution in [0.25, 0.3) is 0 Å². The van der Waals surface area contributed by atoms with Crippen LogP contribution in [0, 0.1) is 17.5 Å². The van der Waals surface area contributed by atoms with Gasteiger partial charge in [0.1, 0.15) is 11.6 Å². The highest BCUT2D eigenvalue weighted by atomic mass is 19.2. The maximum absolute atomic E-state index is 13.6. The number of nitrogens with zero attached hydrogens (tertiary/aromatic N) is 1. The van der Waals surface area contributed by atoms with Crippen molar-refractivity contribution in [3.8, 4) is 0 Å². The Balaban J connectivity index is 1.69. The number of anilines is 2. The molecule has 0 bridgehead atoms. The Kier molecular flexibility index (Phi) is 5.17. The van der Waals surface area contributed by atoms with Gasteiger partial charge in [0, 0.05) is 35.6 Å². The molecule has 3 aromatic rings. The van der Waals surface area contributed by atoms with E-state index in [-0.39, 0.29) is 12.4 Å². The summed E-state index contributed by atoms with van der Waals surface area (Å²) in [6, 6.07) is 12.4. The Bertz CT molecular complexity index is 947. The second-order valence-electron chi connectivity index (χ2n) is 5.46. The third kappa shape index (κ3) is 4.18. The Morgan fingerprint density at radius 3 is 2.50 bits per heavy atom. The first-order chi connectivity index (χ1) is 12.5. The molecule has 0 saturated carbocycles. The molecule has 0 saturated heterocycles. The minimum Gasteiger partial charge on any atom is -0.348 e. The van der Waals surface area contributed by atoms with E-state index < -0.39 is 23.4 Å². The Morgan fingerprint density at radius 1 is 0.923 bits per heavy atom. The van der Waals surface area contributed by atoms with Crippen LogP contribution in [0.3, 0.4) is 0 Å². The Morgan fingerprint density at radius 2 is 1.73 bits per heavy atom. The standard InChI is InChI=1S/C19H14F3N3O/c20-15-4-2-1-3-13(15)11-24-19(26)12-7-8-23-18(9-12)25-14-5-6-16(21)17(22)10-14/h1-10H,11H2,(H,23,25)(H,24,26). The van der Waals surface area contributed by atoms with Crippen molar-refractivity contribution in [1.82, 2.24) is 10.3 Å². The molecular weight excluding hydrogens is 343 g/mol. The third-order valence-corrected chi connectivity index (χ3v) is 3.61. The highest BCUT2D eigenvalue weighted by Gasteiger charge is 2.09. The second-order valence-corrected chi connectivity index (χ2v) is 5.46.